The second-order valence-corrected chi connectivity index (χ2v) is 6.73. The number of hydrogen-bond donors (Lipinski definition) is 2. The van der Waals surface area contributed by atoms with Crippen LogP contribution in [0.25, 0.3) is 0 Å². The van der Waals surface area contributed by atoms with E-state index in [-0.39, 0.29) is 5.91 Å². The van der Waals surface area contributed by atoms with E-state index >= 15 is 0 Å². The Bertz CT molecular complexity index is 505. The minimum absolute atomic E-state index is 0.00583. The molecule has 0 heterocycles. The molecular weight excluding hydrogens is 262 g/mol. The summed E-state index contributed by atoms with van der Waals surface area (Å²) < 4.78 is 0. The molecular formula is C17H27N3O. The lowest BCUT2D eigenvalue weighted by Gasteiger charge is -2.34. The van der Waals surface area contributed by atoms with Crippen LogP contribution in [0.15, 0.2) is 18.2 Å². The van der Waals surface area contributed by atoms with Crippen molar-refractivity contribution in [3.8, 4) is 0 Å². The van der Waals surface area contributed by atoms with Gasteiger partial charge in [0.15, 0.2) is 0 Å². The molecule has 1 amide bonds. The molecule has 0 radical (unpaired) electrons. The minimum atomic E-state index is 0.00583. The summed E-state index contributed by atoms with van der Waals surface area (Å²) in [6, 6.07) is 5.45. The molecule has 0 atom stereocenters. The number of benzene rings is 1. The summed E-state index contributed by atoms with van der Waals surface area (Å²) in [5.41, 5.74) is 8.42. The molecule has 0 saturated heterocycles. The van der Waals surface area contributed by atoms with Gasteiger partial charge in [-0.15, -0.1) is 0 Å². The van der Waals surface area contributed by atoms with Gasteiger partial charge >= 0.3 is 0 Å². The second kappa shape index (κ2) is 6.37. The van der Waals surface area contributed by atoms with E-state index in [1.165, 1.54) is 32.1 Å². The van der Waals surface area contributed by atoms with Crippen molar-refractivity contribution >= 4 is 17.3 Å². The maximum absolute atomic E-state index is 12.3. The molecule has 1 saturated carbocycles. The number of amides is 1. The van der Waals surface area contributed by atoms with Gasteiger partial charge in [0, 0.05) is 32.0 Å². The van der Waals surface area contributed by atoms with Crippen molar-refractivity contribution in [2.24, 2.45) is 5.41 Å². The smallest absolute Gasteiger partial charge is 0.255 e. The number of anilines is 2. The summed E-state index contributed by atoms with van der Waals surface area (Å²) in [5.74, 6) is 0.00583. The fraction of sp³-hybridized carbons (Fsp3) is 0.588. The van der Waals surface area contributed by atoms with Gasteiger partial charge in [0.1, 0.15) is 0 Å². The molecule has 0 unspecified atom stereocenters. The van der Waals surface area contributed by atoms with Crippen LogP contribution >= 0.6 is 0 Å². The van der Waals surface area contributed by atoms with Crippen LogP contribution in [0.2, 0.25) is 0 Å². The number of rotatable bonds is 4. The van der Waals surface area contributed by atoms with E-state index in [9.17, 15) is 4.79 Å². The van der Waals surface area contributed by atoms with Gasteiger partial charge < -0.3 is 16.0 Å². The maximum atomic E-state index is 12.3. The first kappa shape index (κ1) is 15.7. The molecule has 1 aromatic carbocycles. The Morgan fingerprint density at radius 2 is 1.95 bits per heavy atom. The van der Waals surface area contributed by atoms with Crippen LogP contribution in [0, 0.1) is 5.41 Å². The Morgan fingerprint density at radius 3 is 2.57 bits per heavy atom. The van der Waals surface area contributed by atoms with Crippen molar-refractivity contribution in [2.75, 3.05) is 31.7 Å². The number of nitrogens with zero attached hydrogens (tertiary/aromatic N) is 1. The van der Waals surface area contributed by atoms with E-state index in [1.54, 1.807) is 25.1 Å². The zero-order chi connectivity index (χ0) is 15.5. The number of nitrogens with two attached hydrogens (primary N) is 1. The van der Waals surface area contributed by atoms with E-state index in [0.29, 0.717) is 16.7 Å². The Balaban J connectivity index is 2.14. The number of nitrogen functional groups attached to an aromatic ring is 1. The topological polar surface area (TPSA) is 58.4 Å². The molecule has 0 bridgehead atoms. The third kappa shape index (κ3) is 3.90. The van der Waals surface area contributed by atoms with Crippen LogP contribution in [0.3, 0.4) is 0 Å². The molecule has 1 aliphatic rings. The molecule has 0 aliphatic heterocycles. The molecule has 3 N–H and O–H groups in total. The molecule has 0 spiro atoms. The normalized spacial score (nSPS) is 17.3. The van der Waals surface area contributed by atoms with Gasteiger partial charge in [-0.3, -0.25) is 4.79 Å². The SMILES string of the molecule is CN(C)C(=O)c1ccc(N)cc1NCC1(C)CCCCC1. The fourth-order valence-corrected chi connectivity index (χ4v) is 3.03. The monoisotopic (exact) mass is 289 g/mol. The highest BCUT2D eigenvalue weighted by atomic mass is 16.2. The standard InChI is InChI=1S/C17H27N3O/c1-17(9-5-4-6-10-17)12-19-15-11-13(18)7-8-14(15)16(21)20(2)3/h7-8,11,19H,4-6,9-10,12,18H2,1-3H3. The van der Waals surface area contributed by atoms with Crippen molar-refractivity contribution in [3.05, 3.63) is 23.8 Å². The molecule has 0 aromatic heterocycles. The Kier molecular flexibility index (Phi) is 4.76. The summed E-state index contributed by atoms with van der Waals surface area (Å²) in [4.78, 5) is 13.8. The summed E-state index contributed by atoms with van der Waals surface area (Å²) in [5, 5.41) is 3.47. The zero-order valence-corrected chi connectivity index (χ0v) is 13.4. The van der Waals surface area contributed by atoms with Crippen molar-refractivity contribution in [2.45, 2.75) is 39.0 Å². The van der Waals surface area contributed by atoms with Crippen LogP contribution in [0.4, 0.5) is 11.4 Å². The van der Waals surface area contributed by atoms with E-state index in [1.807, 2.05) is 12.1 Å². The average Bonchev–Trinajstić information content (AvgIpc) is 2.45. The second-order valence-electron chi connectivity index (χ2n) is 6.73. The first-order valence-electron chi connectivity index (χ1n) is 7.76. The van der Waals surface area contributed by atoms with Crippen molar-refractivity contribution in [3.63, 3.8) is 0 Å². The van der Waals surface area contributed by atoms with E-state index < -0.39 is 0 Å². The van der Waals surface area contributed by atoms with Crippen molar-refractivity contribution in [1.82, 2.24) is 4.90 Å². The molecule has 2 rings (SSSR count). The van der Waals surface area contributed by atoms with Crippen LogP contribution in [0.5, 0.6) is 0 Å². The predicted octanol–water partition coefficient (Wildman–Crippen LogP) is 3.35. The van der Waals surface area contributed by atoms with E-state index in [0.717, 1.165) is 12.2 Å². The lowest BCUT2D eigenvalue weighted by molar-refractivity contribution is 0.0828. The van der Waals surface area contributed by atoms with E-state index in [2.05, 4.69) is 12.2 Å². The highest BCUT2D eigenvalue weighted by Crippen LogP contribution is 2.36. The molecule has 21 heavy (non-hydrogen) atoms. The van der Waals surface area contributed by atoms with Gasteiger partial charge in [-0.25, -0.2) is 0 Å². The average molecular weight is 289 g/mol. The van der Waals surface area contributed by atoms with Gasteiger partial charge in [-0.2, -0.15) is 0 Å². The summed E-state index contributed by atoms with van der Waals surface area (Å²) in [7, 11) is 3.54. The minimum Gasteiger partial charge on any atom is -0.399 e. The molecule has 116 valence electrons. The molecule has 1 fully saturated rings. The highest BCUT2D eigenvalue weighted by Gasteiger charge is 2.27. The van der Waals surface area contributed by atoms with Gasteiger partial charge in [0.2, 0.25) is 0 Å². The van der Waals surface area contributed by atoms with Gasteiger partial charge in [-0.05, 0) is 36.5 Å². The summed E-state index contributed by atoms with van der Waals surface area (Å²) >= 11 is 0. The third-order valence-electron chi connectivity index (χ3n) is 4.45. The van der Waals surface area contributed by atoms with Crippen LogP contribution < -0.4 is 11.1 Å². The van der Waals surface area contributed by atoms with Gasteiger partial charge in [0.05, 0.1) is 5.56 Å². The molecule has 1 aliphatic carbocycles. The Labute approximate surface area is 127 Å². The number of hydrogen-bond acceptors (Lipinski definition) is 3. The first-order valence-corrected chi connectivity index (χ1v) is 7.76. The quantitative estimate of drug-likeness (QED) is 0.836. The largest absolute Gasteiger partial charge is 0.399 e. The lowest BCUT2D eigenvalue weighted by Crippen LogP contribution is -2.30. The van der Waals surface area contributed by atoms with Gasteiger partial charge in [-0.1, -0.05) is 26.2 Å². The van der Waals surface area contributed by atoms with Crippen LogP contribution in [0.1, 0.15) is 49.4 Å². The maximum Gasteiger partial charge on any atom is 0.255 e. The Hall–Kier alpha value is -1.71. The zero-order valence-electron chi connectivity index (χ0n) is 13.4. The molecule has 4 nitrogen and oxygen atoms in total. The number of nitrogens with one attached hydrogen (secondary N) is 1. The molecule has 4 heteroatoms. The lowest BCUT2D eigenvalue weighted by atomic mass is 9.75. The Morgan fingerprint density at radius 1 is 1.29 bits per heavy atom. The van der Waals surface area contributed by atoms with Crippen molar-refractivity contribution in [1.29, 1.82) is 0 Å². The summed E-state index contributed by atoms with van der Waals surface area (Å²) in [6.45, 7) is 3.23. The third-order valence-corrected chi connectivity index (χ3v) is 4.45. The predicted molar refractivity (Wildman–Crippen MR) is 88.6 cm³/mol. The van der Waals surface area contributed by atoms with Crippen LogP contribution in [-0.4, -0.2) is 31.4 Å². The first-order chi connectivity index (χ1) is 9.91. The summed E-state index contributed by atoms with van der Waals surface area (Å²) in [6.07, 6.45) is 6.45. The van der Waals surface area contributed by atoms with Crippen molar-refractivity contribution < 1.29 is 4.79 Å². The number of carbonyl (C=O) groups is 1. The highest BCUT2D eigenvalue weighted by molar-refractivity contribution is 6.00. The van der Waals surface area contributed by atoms with Gasteiger partial charge in [0.25, 0.3) is 5.91 Å². The fourth-order valence-electron chi connectivity index (χ4n) is 3.03. The molecule has 1 aromatic rings. The van der Waals surface area contributed by atoms with Crippen LogP contribution in [-0.2, 0) is 0 Å². The number of carbonyl (C=O) groups excluding carboxylic acids is 1. The van der Waals surface area contributed by atoms with E-state index in [4.69, 9.17) is 5.73 Å².